The third-order valence-electron chi connectivity index (χ3n) is 2.93. The van der Waals surface area contributed by atoms with Crippen LogP contribution in [-0.4, -0.2) is 12.0 Å². The Morgan fingerprint density at radius 2 is 1.90 bits per heavy atom. The first kappa shape index (κ1) is 13.7. The van der Waals surface area contributed by atoms with Crippen LogP contribution >= 0.6 is 0 Å². The van der Waals surface area contributed by atoms with E-state index in [1.807, 2.05) is 37.3 Å². The van der Waals surface area contributed by atoms with E-state index in [9.17, 15) is 9.59 Å². The van der Waals surface area contributed by atoms with Crippen molar-refractivity contribution in [1.82, 2.24) is 5.32 Å². The SMILES string of the molecule is C[C@H](NC(=O)c1cccc(N=C=O)c1)c1ccccc1. The Bertz CT molecular complexity index is 647. The molecule has 0 aliphatic rings. The number of nitrogens with one attached hydrogen (secondary N) is 1. The number of nitrogens with zero attached hydrogens (tertiary/aromatic N) is 1. The maximum absolute atomic E-state index is 12.1. The van der Waals surface area contributed by atoms with Gasteiger partial charge in [0.05, 0.1) is 11.7 Å². The molecule has 0 saturated carbocycles. The number of amides is 1. The van der Waals surface area contributed by atoms with Crippen LogP contribution in [0.2, 0.25) is 0 Å². The zero-order valence-electron chi connectivity index (χ0n) is 11.0. The number of carbonyl (C=O) groups is 1. The van der Waals surface area contributed by atoms with Gasteiger partial charge >= 0.3 is 0 Å². The fourth-order valence-electron chi connectivity index (χ4n) is 1.87. The van der Waals surface area contributed by atoms with E-state index in [0.29, 0.717) is 11.3 Å². The Hall–Kier alpha value is -2.71. The zero-order chi connectivity index (χ0) is 14.4. The summed E-state index contributed by atoms with van der Waals surface area (Å²) < 4.78 is 0. The predicted octanol–water partition coefficient (Wildman–Crippen LogP) is 3.14. The van der Waals surface area contributed by atoms with Crippen molar-refractivity contribution in [1.29, 1.82) is 0 Å². The van der Waals surface area contributed by atoms with Gasteiger partial charge < -0.3 is 5.32 Å². The minimum Gasteiger partial charge on any atom is -0.346 e. The predicted molar refractivity (Wildman–Crippen MR) is 76.5 cm³/mol. The first-order valence-electron chi connectivity index (χ1n) is 6.24. The van der Waals surface area contributed by atoms with Crippen LogP contribution < -0.4 is 5.32 Å². The number of aliphatic imine (C=N–C) groups is 1. The fourth-order valence-corrected chi connectivity index (χ4v) is 1.87. The Balaban J connectivity index is 2.12. The molecule has 0 radical (unpaired) electrons. The third-order valence-corrected chi connectivity index (χ3v) is 2.93. The number of rotatable bonds is 4. The van der Waals surface area contributed by atoms with Gasteiger partial charge in [-0.05, 0) is 30.7 Å². The van der Waals surface area contributed by atoms with E-state index in [0.717, 1.165) is 5.56 Å². The number of hydrogen-bond donors (Lipinski definition) is 1. The molecule has 4 nitrogen and oxygen atoms in total. The highest BCUT2D eigenvalue weighted by atomic mass is 16.1. The summed E-state index contributed by atoms with van der Waals surface area (Å²) >= 11 is 0. The summed E-state index contributed by atoms with van der Waals surface area (Å²) in [6, 6.07) is 16.2. The molecule has 100 valence electrons. The topological polar surface area (TPSA) is 58.5 Å². The second-order valence-corrected chi connectivity index (χ2v) is 4.36. The summed E-state index contributed by atoms with van der Waals surface area (Å²) in [4.78, 5) is 25.9. The van der Waals surface area contributed by atoms with Crippen LogP contribution in [0, 0.1) is 0 Å². The van der Waals surface area contributed by atoms with Crippen molar-refractivity contribution in [3.63, 3.8) is 0 Å². The van der Waals surface area contributed by atoms with E-state index in [4.69, 9.17) is 0 Å². The first-order valence-corrected chi connectivity index (χ1v) is 6.24. The number of isocyanates is 1. The van der Waals surface area contributed by atoms with Crippen LogP contribution in [0.15, 0.2) is 59.6 Å². The average molecular weight is 266 g/mol. The second-order valence-electron chi connectivity index (χ2n) is 4.36. The third kappa shape index (κ3) is 3.40. The Kier molecular flexibility index (Phi) is 4.43. The highest BCUT2D eigenvalue weighted by Gasteiger charge is 2.11. The molecule has 2 aromatic rings. The summed E-state index contributed by atoms with van der Waals surface area (Å²) in [5.74, 6) is -0.204. The fraction of sp³-hybridized carbons (Fsp3) is 0.125. The highest BCUT2D eigenvalue weighted by Crippen LogP contribution is 2.16. The van der Waals surface area contributed by atoms with Crippen molar-refractivity contribution in [3.05, 3.63) is 65.7 Å². The lowest BCUT2D eigenvalue weighted by atomic mass is 10.1. The van der Waals surface area contributed by atoms with Crippen LogP contribution in [0.5, 0.6) is 0 Å². The molecule has 2 rings (SSSR count). The van der Waals surface area contributed by atoms with Gasteiger partial charge in [0, 0.05) is 5.56 Å². The molecule has 0 aliphatic carbocycles. The minimum absolute atomic E-state index is 0.0954. The lowest BCUT2D eigenvalue weighted by Crippen LogP contribution is -2.26. The van der Waals surface area contributed by atoms with Crippen molar-refractivity contribution >= 4 is 17.7 Å². The number of carbonyl (C=O) groups excluding carboxylic acids is 2. The van der Waals surface area contributed by atoms with Crippen molar-refractivity contribution in [3.8, 4) is 0 Å². The molecule has 2 aromatic carbocycles. The maximum Gasteiger partial charge on any atom is 0.251 e. The molecule has 0 bridgehead atoms. The minimum atomic E-state index is -0.204. The van der Waals surface area contributed by atoms with Gasteiger partial charge in [0.15, 0.2) is 0 Å². The molecular weight excluding hydrogens is 252 g/mol. The molecule has 4 heteroatoms. The van der Waals surface area contributed by atoms with Crippen molar-refractivity contribution in [2.75, 3.05) is 0 Å². The van der Waals surface area contributed by atoms with Gasteiger partial charge in [0.25, 0.3) is 5.91 Å². The summed E-state index contributed by atoms with van der Waals surface area (Å²) in [6.45, 7) is 1.92. The molecule has 0 aromatic heterocycles. The summed E-state index contributed by atoms with van der Waals surface area (Å²) in [7, 11) is 0. The normalized spacial score (nSPS) is 11.2. The van der Waals surface area contributed by atoms with E-state index in [1.165, 1.54) is 6.08 Å². The van der Waals surface area contributed by atoms with Crippen LogP contribution in [0.25, 0.3) is 0 Å². The monoisotopic (exact) mass is 266 g/mol. The Morgan fingerprint density at radius 1 is 1.15 bits per heavy atom. The average Bonchev–Trinajstić information content (AvgIpc) is 2.48. The van der Waals surface area contributed by atoms with Crippen LogP contribution in [-0.2, 0) is 4.79 Å². The lowest BCUT2D eigenvalue weighted by Gasteiger charge is -2.14. The van der Waals surface area contributed by atoms with Crippen LogP contribution in [0.1, 0.15) is 28.9 Å². The highest BCUT2D eigenvalue weighted by molar-refractivity contribution is 5.95. The number of hydrogen-bond acceptors (Lipinski definition) is 3. The molecular formula is C16H14N2O2. The molecule has 1 atom stereocenters. The van der Waals surface area contributed by atoms with E-state index in [-0.39, 0.29) is 11.9 Å². The largest absolute Gasteiger partial charge is 0.346 e. The standard InChI is InChI=1S/C16H14N2O2/c1-12(13-6-3-2-4-7-13)18-16(20)14-8-5-9-15(10-14)17-11-19/h2-10,12H,1H3,(H,18,20)/t12-/m0/s1. The summed E-state index contributed by atoms with van der Waals surface area (Å²) in [5.41, 5.74) is 1.91. The molecule has 0 aliphatic heterocycles. The molecule has 1 N–H and O–H groups in total. The van der Waals surface area contributed by atoms with Gasteiger partial charge in [-0.3, -0.25) is 4.79 Å². The molecule has 20 heavy (non-hydrogen) atoms. The molecule has 0 spiro atoms. The Morgan fingerprint density at radius 3 is 2.60 bits per heavy atom. The smallest absolute Gasteiger partial charge is 0.251 e. The van der Waals surface area contributed by atoms with Crippen molar-refractivity contribution in [2.24, 2.45) is 4.99 Å². The van der Waals surface area contributed by atoms with Crippen LogP contribution in [0.3, 0.4) is 0 Å². The summed E-state index contributed by atoms with van der Waals surface area (Å²) in [6.07, 6.45) is 1.46. The van der Waals surface area contributed by atoms with Crippen LogP contribution in [0.4, 0.5) is 5.69 Å². The molecule has 1 amide bonds. The second kappa shape index (κ2) is 6.45. The van der Waals surface area contributed by atoms with Gasteiger partial charge in [-0.15, -0.1) is 0 Å². The van der Waals surface area contributed by atoms with Gasteiger partial charge in [0.2, 0.25) is 6.08 Å². The lowest BCUT2D eigenvalue weighted by molar-refractivity contribution is 0.0940. The maximum atomic E-state index is 12.1. The van der Waals surface area contributed by atoms with E-state index < -0.39 is 0 Å². The van der Waals surface area contributed by atoms with Gasteiger partial charge in [-0.2, -0.15) is 4.99 Å². The Labute approximate surface area is 117 Å². The summed E-state index contributed by atoms with van der Waals surface area (Å²) in [5, 5.41) is 2.90. The van der Waals surface area contributed by atoms with Gasteiger partial charge in [0.1, 0.15) is 0 Å². The zero-order valence-corrected chi connectivity index (χ0v) is 11.0. The quantitative estimate of drug-likeness (QED) is 0.682. The number of benzene rings is 2. The molecule has 0 heterocycles. The molecule has 0 saturated heterocycles. The first-order chi connectivity index (χ1) is 9.70. The van der Waals surface area contributed by atoms with Gasteiger partial charge in [-0.25, -0.2) is 4.79 Å². The van der Waals surface area contributed by atoms with Crippen molar-refractivity contribution < 1.29 is 9.59 Å². The van der Waals surface area contributed by atoms with E-state index >= 15 is 0 Å². The van der Waals surface area contributed by atoms with E-state index in [2.05, 4.69) is 10.3 Å². The van der Waals surface area contributed by atoms with Gasteiger partial charge in [-0.1, -0.05) is 36.4 Å². The molecule has 0 unspecified atom stereocenters. The molecule has 0 fully saturated rings. The van der Waals surface area contributed by atoms with E-state index in [1.54, 1.807) is 24.3 Å². The van der Waals surface area contributed by atoms with Crippen molar-refractivity contribution in [2.45, 2.75) is 13.0 Å².